The van der Waals surface area contributed by atoms with Crippen molar-refractivity contribution in [3.63, 3.8) is 0 Å². The number of hydrogen-bond acceptors (Lipinski definition) is 4. The predicted octanol–water partition coefficient (Wildman–Crippen LogP) is 3.04. The molecular weight excluding hydrogens is 390 g/mol. The van der Waals surface area contributed by atoms with Crippen LogP contribution in [0.1, 0.15) is 18.1 Å². The van der Waals surface area contributed by atoms with Crippen LogP contribution >= 0.6 is 0 Å². The summed E-state index contributed by atoms with van der Waals surface area (Å²) in [4.78, 5) is 33.5. The van der Waals surface area contributed by atoms with Crippen molar-refractivity contribution in [3.05, 3.63) is 86.6 Å². The molecule has 0 saturated heterocycles. The van der Waals surface area contributed by atoms with E-state index in [1.807, 2.05) is 47.0 Å². The number of fused-ring (bicyclic) bond motifs is 3. The van der Waals surface area contributed by atoms with Gasteiger partial charge in [-0.1, -0.05) is 55.5 Å². The minimum absolute atomic E-state index is 0.236. The highest BCUT2D eigenvalue weighted by molar-refractivity contribution is 5.77. The molecule has 31 heavy (non-hydrogen) atoms. The summed E-state index contributed by atoms with van der Waals surface area (Å²) >= 11 is 0. The lowest BCUT2D eigenvalue weighted by Gasteiger charge is -2.33. The molecule has 1 atom stereocenters. The molecular formula is C24H25N5O2. The van der Waals surface area contributed by atoms with Crippen molar-refractivity contribution in [2.24, 2.45) is 13.0 Å². The molecule has 0 saturated carbocycles. The maximum absolute atomic E-state index is 13.5. The van der Waals surface area contributed by atoms with Crippen LogP contribution in [0.2, 0.25) is 0 Å². The average molecular weight is 415 g/mol. The smallest absolute Gasteiger partial charge is 0.311 e. The lowest BCUT2D eigenvalue weighted by molar-refractivity contribution is 0.457. The molecule has 0 aliphatic carbocycles. The third kappa shape index (κ3) is 3.08. The molecule has 0 amide bonds. The van der Waals surface area contributed by atoms with Gasteiger partial charge in [0, 0.05) is 25.8 Å². The van der Waals surface area contributed by atoms with Gasteiger partial charge >= 0.3 is 5.69 Å². The molecule has 158 valence electrons. The molecule has 0 spiro atoms. The van der Waals surface area contributed by atoms with Crippen molar-refractivity contribution in [1.29, 1.82) is 0 Å². The third-order valence-electron chi connectivity index (χ3n) is 6.03. The maximum atomic E-state index is 13.5. The fourth-order valence-electron chi connectivity index (χ4n) is 4.48. The van der Waals surface area contributed by atoms with Crippen molar-refractivity contribution in [2.45, 2.75) is 26.9 Å². The molecule has 0 radical (unpaired) electrons. The quantitative estimate of drug-likeness (QED) is 0.516. The average Bonchev–Trinajstić information content (AvgIpc) is 3.15. The summed E-state index contributed by atoms with van der Waals surface area (Å²) in [6.45, 7) is 5.97. The van der Waals surface area contributed by atoms with E-state index in [4.69, 9.17) is 4.98 Å². The van der Waals surface area contributed by atoms with Gasteiger partial charge in [0.1, 0.15) is 0 Å². The fraction of sp³-hybridized carbons (Fsp3) is 0.292. The maximum Gasteiger partial charge on any atom is 0.332 e. The number of aromatic nitrogens is 4. The van der Waals surface area contributed by atoms with E-state index in [2.05, 4.69) is 30.9 Å². The summed E-state index contributed by atoms with van der Waals surface area (Å²) in [6.07, 6.45) is 0. The Bertz CT molecular complexity index is 1400. The van der Waals surface area contributed by atoms with Crippen LogP contribution in [0, 0.1) is 12.8 Å². The van der Waals surface area contributed by atoms with Gasteiger partial charge in [0.05, 0.1) is 6.54 Å². The molecule has 5 rings (SSSR count). The monoisotopic (exact) mass is 415 g/mol. The van der Waals surface area contributed by atoms with E-state index in [0.717, 1.165) is 23.4 Å². The molecule has 1 aliphatic heterocycles. The molecule has 0 fully saturated rings. The van der Waals surface area contributed by atoms with Crippen LogP contribution in [0.5, 0.6) is 0 Å². The number of benzene rings is 2. The zero-order valence-electron chi connectivity index (χ0n) is 17.9. The number of aryl methyl sites for hydroxylation is 2. The summed E-state index contributed by atoms with van der Waals surface area (Å²) in [5, 5.41) is 0. The van der Waals surface area contributed by atoms with E-state index in [9.17, 15) is 9.59 Å². The zero-order valence-corrected chi connectivity index (χ0v) is 17.9. The van der Waals surface area contributed by atoms with Gasteiger partial charge in [-0.2, -0.15) is 4.98 Å². The lowest BCUT2D eigenvalue weighted by atomic mass is 10.1. The van der Waals surface area contributed by atoms with Crippen molar-refractivity contribution in [2.75, 3.05) is 11.4 Å². The molecule has 3 heterocycles. The van der Waals surface area contributed by atoms with E-state index in [1.165, 1.54) is 9.13 Å². The minimum atomic E-state index is -0.354. The second-order valence-electron chi connectivity index (χ2n) is 8.42. The summed E-state index contributed by atoms with van der Waals surface area (Å²) in [5.74, 6) is 1.04. The molecule has 7 nitrogen and oxygen atoms in total. The van der Waals surface area contributed by atoms with Crippen molar-refractivity contribution in [1.82, 2.24) is 18.7 Å². The van der Waals surface area contributed by atoms with Gasteiger partial charge in [-0.3, -0.25) is 13.9 Å². The van der Waals surface area contributed by atoms with Gasteiger partial charge in [-0.05, 0) is 30.0 Å². The van der Waals surface area contributed by atoms with Crippen molar-refractivity contribution < 1.29 is 0 Å². The van der Waals surface area contributed by atoms with Crippen LogP contribution in [0.3, 0.4) is 0 Å². The van der Waals surface area contributed by atoms with Gasteiger partial charge in [-0.25, -0.2) is 4.79 Å². The predicted molar refractivity (Wildman–Crippen MR) is 122 cm³/mol. The Morgan fingerprint density at radius 2 is 1.71 bits per heavy atom. The highest BCUT2D eigenvalue weighted by atomic mass is 16.2. The Hall–Kier alpha value is -3.61. The van der Waals surface area contributed by atoms with Gasteiger partial charge in [0.15, 0.2) is 11.2 Å². The van der Waals surface area contributed by atoms with Crippen molar-refractivity contribution >= 4 is 22.8 Å². The Morgan fingerprint density at radius 3 is 2.45 bits per heavy atom. The zero-order chi connectivity index (χ0) is 21.7. The molecule has 1 unspecified atom stereocenters. The van der Waals surface area contributed by atoms with Crippen LogP contribution in [0.15, 0.2) is 64.2 Å². The largest absolute Gasteiger partial charge is 0.332 e. The van der Waals surface area contributed by atoms with Crippen LogP contribution in [-0.4, -0.2) is 25.2 Å². The summed E-state index contributed by atoms with van der Waals surface area (Å²) in [7, 11) is 1.69. The number of imidazole rings is 1. The topological polar surface area (TPSA) is 65.1 Å². The first-order valence-electron chi connectivity index (χ1n) is 10.5. The molecule has 7 heteroatoms. The van der Waals surface area contributed by atoms with Crippen LogP contribution in [-0.2, 0) is 20.1 Å². The van der Waals surface area contributed by atoms with Crippen LogP contribution in [0.4, 0.5) is 11.6 Å². The second kappa shape index (κ2) is 7.27. The van der Waals surface area contributed by atoms with E-state index in [-0.39, 0.29) is 17.8 Å². The fourth-order valence-corrected chi connectivity index (χ4v) is 4.48. The first kappa shape index (κ1) is 19.4. The number of anilines is 2. The Morgan fingerprint density at radius 1 is 1.00 bits per heavy atom. The highest BCUT2D eigenvalue weighted by Crippen LogP contribution is 2.34. The summed E-state index contributed by atoms with van der Waals surface area (Å²) < 4.78 is 4.79. The highest BCUT2D eigenvalue weighted by Gasteiger charge is 2.30. The molecule has 2 aromatic heterocycles. The van der Waals surface area contributed by atoms with Gasteiger partial charge in [0.2, 0.25) is 5.95 Å². The van der Waals surface area contributed by atoms with Crippen LogP contribution in [0.25, 0.3) is 11.2 Å². The number of para-hydroxylation sites is 1. The molecule has 0 N–H and O–H groups in total. The van der Waals surface area contributed by atoms with E-state index in [0.29, 0.717) is 29.6 Å². The lowest BCUT2D eigenvalue weighted by Crippen LogP contribution is -2.40. The summed E-state index contributed by atoms with van der Waals surface area (Å²) in [6, 6.07) is 17.8. The van der Waals surface area contributed by atoms with Crippen molar-refractivity contribution in [3.8, 4) is 0 Å². The SMILES string of the molecule is Cc1ccccc1N1CC(C)Cn2c1nc1c2c(=O)n(Cc2ccccc2)c(=O)n1C. The molecule has 1 aliphatic rings. The molecule has 4 aromatic rings. The van der Waals surface area contributed by atoms with E-state index >= 15 is 0 Å². The first-order chi connectivity index (χ1) is 15.0. The molecule has 0 bridgehead atoms. The Balaban J connectivity index is 1.75. The first-order valence-corrected chi connectivity index (χ1v) is 10.5. The number of nitrogens with zero attached hydrogens (tertiary/aromatic N) is 5. The second-order valence-corrected chi connectivity index (χ2v) is 8.42. The number of rotatable bonds is 3. The van der Waals surface area contributed by atoms with Gasteiger partial charge in [0.25, 0.3) is 5.56 Å². The number of hydrogen-bond donors (Lipinski definition) is 0. The Kier molecular flexibility index (Phi) is 4.54. The molecule has 2 aromatic carbocycles. The van der Waals surface area contributed by atoms with E-state index in [1.54, 1.807) is 7.05 Å². The minimum Gasteiger partial charge on any atom is -0.311 e. The van der Waals surface area contributed by atoms with Crippen LogP contribution < -0.4 is 16.1 Å². The summed E-state index contributed by atoms with van der Waals surface area (Å²) in [5.41, 5.74) is 3.40. The normalized spacial score (nSPS) is 16.0. The van der Waals surface area contributed by atoms with Gasteiger partial charge in [-0.15, -0.1) is 0 Å². The van der Waals surface area contributed by atoms with Gasteiger partial charge < -0.3 is 9.47 Å². The van der Waals surface area contributed by atoms with E-state index < -0.39 is 0 Å². The third-order valence-corrected chi connectivity index (χ3v) is 6.03. The standard InChI is InChI=1S/C24H25N5O2/c1-16-13-27(19-12-8-7-9-17(19)2)23-25-21-20(28(23)14-16)22(30)29(24(31)26(21)3)15-18-10-5-4-6-11-18/h4-12,16H,13-15H2,1-3H3. The Labute approximate surface area is 179 Å².